The number of hydrogen-bond acceptors (Lipinski definition) is 10. The molecule has 0 aromatic rings. The Bertz CT molecular complexity index is 332. The molecule has 0 heterocycles. The summed E-state index contributed by atoms with van der Waals surface area (Å²) >= 11 is -2.61. The zero-order chi connectivity index (χ0) is 12.0. The Kier molecular flexibility index (Phi) is 23.7. The minimum absolute atomic E-state index is 0. The second-order valence-corrected chi connectivity index (χ2v) is 3.61. The van der Waals surface area contributed by atoms with Crippen LogP contribution in [0.1, 0.15) is 0 Å². The van der Waals surface area contributed by atoms with Crippen LogP contribution in [-0.4, -0.2) is 39.3 Å². The van der Waals surface area contributed by atoms with Gasteiger partial charge in [0.05, 0.1) is 0 Å². The molecule has 0 aromatic heterocycles. The van der Waals surface area contributed by atoms with E-state index in [0.717, 1.165) is 0 Å². The summed E-state index contributed by atoms with van der Waals surface area (Å²) in [4.78, 5) is 0. The van der Waals surface area contributed by atoms with Crippen molar-refractivity contribution in [3.05, 3.63) is 0 Å². The molecule has 0 spiro atoms. The summed E-state index contributed by atoms with van der Waals surface area (Å²) in [7, 11) is -10.3. The first-order valence-electron chi connectivity index (χ1n) is 2.05. The predicted molar refractivity (Wildman–Crippen MR) is 46.9 cm³/mol. The van der Waals surface area contributed by atoms with Crippen molar-refractivity contribution in [2.75, 3.05) is 0 Å². The number of rotatable bonds is 3. The van der Waals surface area contributed by atoms with Gasteiger partial charge in [-0.15, -0.1) is 0 Å². The molecule has 0 saturated heterocycles. The van der Waals surface area contributed by atoms with Crippen LogP contribution in [0.25, 0.3) is 0 Å². The van der Waals surface area contributed by atoms with Crippen molar-refractivity contribution >= 4 is 32.2 Å². The van der Waals surface area contributed by atoms with E-state index in [-0.39, 0.29) is 41.9 Å². The monoisotopic (exact) mass is 332 g/mol. The van der Waals surface area contributed by atoms with Crippen LogP contribution in [0.2, 0.25) is 0 Å². The molecule has 0 saturated carbocycles. The van der Waals surface area contributed by atoms with Gasteiger partial charge in [0.1, 0.15) is 0 Å². The zero-order valence-electron chi connectivity index (χ0n) is 8.25. The molecule has 17 heavy (non-hydrogen) atoms. The summed E-state index contributed by atoms with van der Waals surface area (Å²) in [5.74, 6) is 0. The molecule has 0 aromatic carbocycles. The maximum Gasteiger partial charge on any atom is 1.00 e. The molecule has 0 amide bonds. The second kappa shape index (κ2) is 13.2. The van der Waals surface area contributed by atoms with E-state index in [0.29, 0.717) is 0 Å². The van der Waals surface area contributed by atoms with Crippen molar-refractivity contribution in [3.8, 4) is 0 Å². The van der Waals surface area contributed by atoms with Gasteiger partial charge in [0.2, 0.25) is 10.4 Å². The molecule has 17 heteroatoms. The van der Waals surface area contributed by atoms with Gasteiger partial charge >= 0.3 is 40.0 Å². The third-order valence-electron chi connectivity index (χ3n) is 0.197. The summed E-state index contributed by atoms with van der Waals surface area (Å²) in [6, 6.07) is 0. The summed E-state index contributed by atoms with van der Waals surface area (Å²) in [6.07, 6.45) is 0. The number of hydrogen-bond donors (Lipinski definition) is 5. The molecular weight excluding hydrogens is 323 g/mol. The first-order valence-corrected chi connectivity index (χ1v) is 5.81. The van der Waals surface area contributed by atoms with Crippen molar-refractivity contribution in [3.63, 3.8) is 0 Å². The molecule has 0 rings (SSSR count). The molecule has 9 N–H and O–H groups in total. The van der Waals surface area contributed by atoms with Crippen LogP contribution in [0, 0.1) is 0 Å². The third-order valence-corrected chi connectivity index (χ3v) is 0.758. The largest absolute Gasteiger partial charge is 1.00 e. The first-order chi connectivity index (χ1) is 5.94. The van der Waals surface area contributed by atoms with E-state index in [4.69, 9.17) is 17.9 Å². The molecule has 0 atom stereocenters. The molecular formula is H9N2NaO11S3. The van der Waals surface area contributed by atoms with Gasteiger partial charge < -0.3 is 16.9 Å². The van der Waals surface area contributed by atoms with E-state index >= 15 is 0 Å². The predicted octanol–water partition coefficient (Wildman–Crippen LogP) is -4.79. The van der Waals surface area contributed by atoms with E-state index in [1.807, 2.05) is 0 Å². The van der Waals surface area contributed by atoms with E-state index in [1.165, 1.54) is 0 Å². The summed E-state index contributed by atoms with van der Waals surface area (Å²) in [6.45, 7) is 0. The second-order valence-electron chi connectivity index (χ2n) is 1.20. The molecule has 0 aliphatic heterocycles. The molecule has 0 unspecified atom stereocenters. The Labute approximate surface area is 121 Å². The van der Waals surface area contributed by atoms with Gasteiger partial charge in [0, 0.05) is 0 Å². The zero-order valence-corrected chi connectivity index (χ0v) is 12.7. The van der Waals surface area contributed by atoms with Gasteiger partial charge in [0.25, 0.3) is 11.4 Å². The topological polar surface area (TPSA) is 258 Å². The first kappa shape index (κ1) is 30.6. The van der Waals surface area contributed by atoms with Gasteiger partial charge in [-0.05, 0) is 0 Å². The van der Waals surface area contributed by atoms with Gasteiger partial charge in [-0.25, -0.2) is 8.42 Å². The quantitative estimate of drug-likeness (QED) is 0.0812. The van der Waals surface area contributed by atoms with Crippen molar-refractivity contribution in [1.29, 1.82) is 0 Å². The van der Waals surface area contributed by atoms with Gasteiger partial charge in [-0.1, -0.05) is 8.67 Å². The van der Waals surface area contributed by atoms with Gasteiger partial charge in [-0.2, -0.15) is 12.6 Å². The van der Waals surface area contributed by atoms with E-state index in [1.54, 1.807) is 0 Å². The fourth-order valence-electron chi connectivity index (χ4n) is 0.0691. The van der Waals surface area contributed by atoms with E-state index in [9.17, 15) is 21.4 Å². The van der Waals surface area contributed by atoms with Crippen LogP contribution in [-0.2, 0) is 40.8 Å². The van der Waals surface area contributed by atoms with Crippen LogP contribution in [0.3, 0.4) is 0 Å². The smallest absolute Gasteiger partial charge is 0.724 e. The summed E-state index contributed by atoms with van der Waals surface area (Å²) < 4.78 is 83.0. The molecule has 0 bridgehead atoms. The van der Waals surface area contributed by atoms with Crippen molar-refractivity contribution < 1.29 is 77.5 Å². The fraction of sp³-hybridized carbons (Fsp3) is 0. The fourth-order valence-corrected chi connectivity index (χ4v) is 0.622. The molecule has 13 nitrogen and oxygen atoms in total. The Morgan fingerprint density at radius 1 is 1.00 bits per heavy atom. The molecule has 0 aliphatic rings. The Balaban J connectivity index is -0.0000000607. The molecule has 104 valence electrons. The van der Waals surface area contributed by atoms with Crippen LogP contribution in [0.5, 0.6) is 0 Å². The normalized spacial score (nSPS) is 9.94. The molecule has 0 fully saturated rings. The van der Waals surface area contributed by atoms with Crippen LogP contribution in [0.4, 0.5) is 0 Å². The van der Waals surface area contributed by atoms with Crippen LogP contribution >= 0.6 is 0 Å². The van der Waals surface area contributed by atoms with E-state index < -0.39 is 32.2 Å². The van der Waals surface area contributed by atoms with Crippen molar-refractivity contribution in [2.45, 2.75) is 0 Å². The average Bonchev–Trinajstić information content (AvgIpc) is 1.79. The minimum Gasteiger partial charge on any atom is -0.724 e. The van der Waals surface area contributed by atoms with E-state index in [2.05, 4.69) is 8.67 Å². The molecule has 0 aliphatic carbocycles. The minimum atomic E-state index is -5.27. The van der Waals surface area contributed by atoms with Gasteiger partial charge in [0.15, 0.2) is 0 Å². The molecule has 0 radical (unpaired) electrons. The third kappa shape index (κ3) is 60.7. The average molecular weight is 332 g/mol. The van der Waals surface area contributed by atoms with Crippen LogP contribution < -0.4 is 41.9 Å². The maximum absolute atomic E-state index is 9.48. The Morgan fingerprint density at radius 2 is 1.24 bits per heavy atom. The van der Waals surface area contributed by atoms with Gasteiger partial charge in [-0.3, -0.25) is 13.7 Å². The maximum atomic E-state index is 9.48. The summed E-state index contributed by atoms with van der Waals surface area (Å²) in [5.41, 5.74) is 0. The Morgan fingerprint density at radius 3 is 1.29 bits per heavy atom. The summed E-state index contributed by atoms with van der Waals surface area (Å²) in [5, 5.41) is 0. The van der Waals surface area contributed by atoms with Crippen LogP contribution in [0.15, 0.2) is 0 Å². The van der Waals surface area contributed by atoms with Crippen molar-refractivity contribution in [1.82, 2.24) is 12.3 Å². The Hall–Kier alpha value is 0.730. The van der Waals surface area contributed by atoms with Crippen molar-refractivity contribution in [2.24, 2.45) is 0 Å². The SMILES string of the molecule is N.N.O=S(=O)([O-])OOS(=O)(=O)O.O=S(O)O.[Na+]. The standard InChI is InChI=1S/2H3N.Na.H2O8S2.H2O3S/c;;;1-9(2,3)7-8-10(4,5)6;1-4(2)3/h2*1H3;;(H,1,2,3)(H,4,5,6);(H2,1,2,3)/q;;+1;;/p-1.